The lowest BCUT2D eigenvalue weighted by Gasteiger charge is -2.46. The van der Waals surface area contributed by atoms with Crippen LogP contribution in [0.3, 0.4) is 0 Å². The van der Waals surface area contributed by atoms with Crippen LogP contribution in [0.25, 0.3) is 0 Å². The van der Waals surface area contributed by atoms with E-state index >= 15 is 0 Å². The normalized spacial score (nSPS) is 17.1. The molecule has 1 aliphatic carbocycles. The summed E-state index contributed by atoms with van der Waals surface area (Å²) in [4.78, 5) is 5.88. The Balaban J connectivity index is 1.42. The predicted molar refractivity (Wildman–Crippen MR) is 133 cm³/mol. The minimum Gasteiger partial charge on any atom is -0.839 e. The van der Waals surface area contributed by atoms with Gasteiger partial charge in [0.15, 0.2) is 11.7 Å². The molecular weight excluding hydrogens is 428 g/mol. The van der Waals surface area contributed by atoms with Crippen molar-refractivity contribution in [1.82, 2.24) is 4.98 Å². The van der Waals surface area contributed by atoms with Crippen LogP contribution in [0.15, 0.2) is 76.2 Å². The van der Waals surface area contributed by atoms with Crippen LogP contribution in [-0.2, 0) is 12.1 Å². The molecule has 4 rings (SSSR count). The molecule has 5 heteroatoms. The molecule has 176 valence electrons. The van der Waals surface area contributed by atoms with E-state index in [-0.39, 0.29) is 5.92 Å². The van der Waals surface area contributed by atoms with Crippen LogP contribution >= 0.6 is 11.8 Å². The summed E-state index contributed by atoms with van der Waals surface area (Å²) >= 11 is 1.90. The second kappa shape index (κ2) is 10.9. The quantitative estimate of drug-likeness (QED) is 0.222. The van der Waals surface area contributed by atoms with Crippen molar-refractivity contribution >= 4 is 11.8 Å². The highest BCUT2D eigenvalue weighted by Crippen LogP contribution is 2.41. The van der Waals surface area contributed by atoms with Crippen LogP contribution in [0, 0.1) is 5.92 Å². The number of hydrogen-bond acceptors (Lipinski definition) is 4. The summed E-state index contributed by atoms with van der Waals surface area (Å²) in [6.45, 7) is 1.78. The summed E-state index contributed by atoms with van der Waals surface area (Å²) < 4.78 is 7.03. The van der Waals surface area contributed by atoms with Gasteiger partial charge in [0.2, 0.25) is 0 Å². The Labute approximate surface area is 202 Å². The Morgan fingerprint density at radius 2 is 1.67 bits per heavy atom. The first-order valence-corrected chi connectivity index (χ1v) is 13.2. The lowest BCUT2D eigenvalue weighted by Crippen LogP contribution is -2.49. The van der Waals surface area contributed by atoms with E-state index in [0.717, 1.165) is 66.8 Å². The minimum atomic E-state index is -1.41. The molecule has 0 spiro atoms. The first-order chi connectivity index (χ1) is 16.0. The van der Waals surface area contributed by atoms with Crippen LogP contribution in [0.5, 0.6) is 0 Å². The fourth-order valence-corrected chi connectivity index (χ4v) is 5.84. The van der Waals surface area contributed by atoms with E-state index in [2.05, 4.69) is 49.4 Å². The van der Waals surface area contributed by atoms with Crippen molar-refractivity contribution in [3.05, 3.63) is 84.1 Å². The summed E-state index contributed by atoms with van der Waals surface area (Å²) in [7, 11) is 4.44. The predicted octanol–water partition coefficient (Wildman–Crippen LogP) is 5.62. The first kappa shape index (κ1) is 24.1. The molecule has 0 unspecified atom stereocenters. The van der Waals surface area contributed by atoms with Gasteiger partial charge in [-0.15, -0.1) is 11.8 Å². The smallest absolute Gasteiger partial charge is 0.188 e. The highest BCUT2D eigenvalue weighted by molar-refractivity contribution is 7.99. The van der Waals surface area contributed by atoms with Gasteiger partial charge in [0, 0.05) is 17.1 Å². The van der Waals surface area contributed by atoms with Gasteiger partial charge in [-0.1, -0.05) is 80.6 Å². The lowest BCUT2D eigenvalue weighted by molar-refractivity contribution is -0.904. The second-order valence-corrected chi connectivity index (χ2v) is 11.1. The van der Waals surface area contributed by atoms with E-state index in [1.54, 1.807) is 6.20 Å². The fraction of sp³-hybridized carbons (Fsp3) is 0.464. The highest BCUT2D eigenvalue weighted by Gasteiger charge is 2.36. The van der Waals surface area contributed by atoms with Crippen molar-refractivity contribution in [2.24, 2.45) is 5.92 Å². The third-order valence-corrected chi connectivity index (χ3v) is 7.86. The van der Waals surface area contributed by atoms with Gasteiger partial charge in [0.05, 0.1) is 26.8 Å². The number of rotatable bonds is 10. The van der Waals surface area contributed by atoms with Gasteiger partial charge < -0.3 is 14.0 Å². The molecule has 1 aromatic heterocycles. The van der Waals surface area contributed by atoms with Gasteiger partial charge in [-0.2, -0.15) is 0 Å². The van der Waals surface area contributed by atoms with Crippen LogP contribution in [0.4, 0.5) is 0 Å². The van der Waals surface area contributed by atoms with Gasteiger partial charge >= 0.3 is 0 Å². The van der Waals surface area contributed by atoms with Gasteiger partial charge in [-0.05, 0) is 29.2 Å². The molecule has 1 aliphatic rings. The number of aromatic nitrogens is 1. The van der Waals surface area contributed by atoms with E-state index in [9.17, 15) is 5.11 Å². The topological polar surface area (TPSA) is 49.1 Å². The van der Waals surface area contributed by atoms with Crippen molar-refractivity contribution in [3.63, 3.8) is 0 Å². The molecule has 0 radical (unpaired) electrons. The molecule has 1 saturated carbocycles. The van der Waals surface area contributed by atoms with Gasteiger partial charge in [-0.3, -0.25) is 0 Å². The van der Waals surface area contributed by atoms with Crippen LogP contribution in [-0.4, -0.2) is 35.9 Å². The molecule has 0 N–H and O–H groups in total. The van der Waals surface area contributed by atoms with Crippen molar-refractivity contribution in [1.29, 1.82) is 0 Å². The van der Waals surface area contributed by atoms with E-state index in [4.69, 9.17) is 4.42 Å². The van der Waals surface area contributed by atoms with Crippen molar-refractivity contribution in [3.8, 4) is 0 Å². The van der Waals surface area contributed by atoms with Crippen molar-refractivity contribution in [2.75, 3.05) is 26.4 Å². The number of quaternary nitrogens is 1. The molecule has 4 nitrogen and oxygen atoms in total. The molecule has 1 heterocycles. The largest absolute Gasteiger partial charge is 0.839 e. The maximum Gasteiger partial charge on any atom is 0.188 e. The maximum absolute atomic E-state index is 14.4. The molecule has 1 atom stereocenters. The molecule has 0 saturated heterocycles. The van der Waals surface area contributed by atoms with E-state index in [0.29, 0.717) is 5.89 Å². The lowest BCUT2D eigenvalue weighted by atomic mass is 9.73. The van der Waals surface area contributed by atoms with E-state index in [1.807, 2.05) is 42.1 Å². The third-order valence-electron chi connectivity index (χ3n) is 6.76. The van der Waals surface area contributed by atoms with Crippen LogP contribution in [0.2, 0.25) is 0 Å². The average molecular weight is 465 g/mol. The zero-order valence-electron chi connectivity index (χ0n) is 19.9. The van der Waals surface area contributed by atoms with E-state index in [1.165, 1.54) is 11.3 Å². The fourth-order valence-electron chi connectivity index (χ4n) is 4.98. The van der Waals surface area contributed by atoms with Gasteiger partial charge in [-0.25, -0.2) is 4.98 Å². The number of nitrogens with zero attached hydrogens (tertiary/aromatic N) is 2. The van der Waals surface area contributed by atoms with Crippen LogP contribution < -0.4 is 5.11 Å². The summed E-state index contributed by atoms with van der Waals surface area (Å²) in [5.41, 5.74) is -0.638. The summed E-state index contributed by atoms with van der Waals surface area (Å²) in [6, 6.07) is 20.3. The molecule has 3 aromatic rings. The first-order valence-electron chi connectivity index (χ1n) is 12.2. The van der Waals surface area contributed by atoms with Crippen LogP contribution in [0.1, 0.15) is 55.7 Å². The second-order valence-electron chi connectivity index (χ2n) is 9.90. The Morgan fingerprint density at radius 3 is 2.36 bits per heavy atom. The molecule has 33 heavy (non-hydrogen) atoms. The molecular formula is C28H36N2O2S. The molecule has 2 aromatic carbocycles. The number of thioether (sulfide) groups is 1. The monoisotopic (exact) mass is 464 g/mol. The SMILES string of the molecule is C[N+](C)(CCCSc1ccccc1)Cc1cnc([C@]([O-])(c2ccccc2)C2CCCCC2)o1. The van der Waals surface area contributed by atoms with Crippen molar-refractivity contribution in [2.45, 2.75) is 55.6 Å². The Bertz CT molecular complexity index is 983. The number of hydrogen-bond donors (Lipinski definition) is 0. The summed E-state index contributed by atoms with van der Waals surface area (Å²) in [5, 5.41) is 14.4. The molecule has 0 bridgehead atoms. The standard InChI is InChI=1S/C28H36N2O2S/c1-30(2,19-12-20-33-26-17-10-5-11-18-26)22-25-21-29-27(32-25)28(31,23-13-6-3-7-14-23)24-15-8-4-9-16-24/h3,5-7,10-11,13-14,17-18,21,24H,4,8-9,12,15-16,19-20,22H2,1-2H3/t28-/m0/s1. The van der Waals surface area contributed by atoms with E-state index < -0.39 is 5.60 Å². The zero-order valence-corrected chi connectivity index (χ0v) is 20.7. The highest BCUT2D eigenvalue weighted by atomic mass is 32.2. The summed E-state index contributed by atoms with van der Waals surface area (Å²) in [5.74, 6) is 2.26. The maximum atomic E-state index is 14.4. The zero-order chi connectivity index (χ0) is 23.2. The van der Waals surface area contributed by atoms with Gasteiger partial charge in [0.25, 0.3) is 0 Å². The molecule has 0 amide bonds. The Kier molecular flexibility index (Phi) is 7.94. The summed E-state index contributed by atoms with van der Waals surface area (Å²) in [6.07, 6.45) is 8.22. The van der Waals surface area contributed by atoms with Gasteiger partial charge in [0.1, 0.15) is 6.54 Å². The Morgan fingerprint density at radius 1 is 1.00 bits per heavy atom. The average Bonchev–Trinajstić information content (AvgIpc) is 3.31. The Hall–Kier alpha value is -2.08. The number of oxazole rings is 1. The molecule has 1 fully saturated rings. The minimum absolute atomic E-state index is 0.0256. The number of benzene rings is 2. The van der Waals surface area contributed by atoms with Crippen molar-refractivity contribution < 1.29 is 14.0 Å². The molecule has 0 aliphatic heterocycles. The third kappa shape index (κ3) is 6.08.